The number of nitrogens with one attached hydrogen (secondary N) is 2. The number of ether oxygens (including phenoxy) is 2. The van der Waals surface area contributed by atoms with E-state index in [0.29, 0.717) is 23.8 Å². The number of hydrogen-bond donors (Lipinski definition) is 2. The summed E-state index contributed by atoms with van der Waals surface area (Å²) in [6.07, 6.45) is 2.47. The van der Waals surface area contributed by atoms with Crippen LogP contribution in [-0.4, -0.2) is 35.1 Å². The van der Waals surface area contributed by atoms with Crippen LogP contribution in [0.3, 0.4) is 0 Å². The van der Waals surface area contributed by atoms with Crippen LogP contribution in [-0.2, 0) is 0 Å². The number of methoxy groups -OCH3 is 1. The molecule has 1 aromatic heterocycles. The Morgan fingerprint density at radius 1 is 1.42 bits per heavy atom. The number of hydrogen-bond acceptors (Lipinski definition) is 7. The van der Waals surface area contributed by atoms with E-state index in [1.165, 1.54) is 0 Å². The molecule has 0 amide bonds. The second-order valence-corrected chi connectivity index (χ2v) is 5.70. The minimum Gasteiger partial charge on any atom is -0.493 e. The van der Waals surface area contributed by atoms with Crippen molar-refractivity contribution in [2.75, 3.05) is 19.1 Å². The van der Waals surface area contributed by atoms with Gasteiger partial charge in [-0.05, 0) is 47.0 Å². The van der Waals surface area contributed by atoms with Crippen LogP contribution in [0.1, 0.15) is 24.6 Å². The Morgan fingerprint density at radius 2 is 2.21 bits per heavy atom. The summed E-state index contributed by atoms with van der Waals surface area (Å²) >= 11 is 3.47. The van der Waals surface area contributed by atoms with Crippen molar-refractivity contribution >= 4 is 28.1 Å². The van der Waals surface area contributed by atoms with Gasteiger partial charge in [-0.2, -0.15) is 5.10 Å². The van der Waals surface area contributed by atoms with Crippen molar-refractivity contribution in [2.24, 2.45) is 5.10 Å². The highest BCUT2D eigenvalue weighted by Crippen LogP contribution is 2.36. The number of aromatic amines is 1. The summed E-state index contributed by atoms with van der Waals surface area (Å²) in [6, 6.07) is 3.65. The van der Waals surface area contributed by atoms with E-state index in [9.17, 15) is 4.79 Å². The van der Waals surface area contributed by atoms with E-state index in [2.05, 4.69) is 41.6 Å². The number of benzene rings is 1. The highest BCUT2D eigenvalue weighted by atomic mass is 79.9. The number of halogens is 1. The predicted molar refractivity (Wildman–Crippen MR) is 95.1 cm³/mol. The summed E-state index contributed by atoms with van der Waals surface area (Å²) in [7, 11) is 1.58. The molecule has 2 N–H and O–H groups in total. The van der Waals surface area contributed by atoms with Gasteiger partial charge in [0.1, 0.15) is 5.69 Å². The lowest BCUT2D eigenvalue weighted by molar-refractivity contribution is 0.292. The van der Waals surface area contributed by atoms with Crippen LogP contribution in [0.4, 0.5) is 5.95 Å². The highest BCUT2D eigenvalue weighted by molar-refractivity contribution is 9.10. The molecule has 1 heterocycles. The standard InChI is InChI=1S/C15H18BrN5O3/c1-4-5-24-13-11(16)6-10(7-12(13)23-3)8-17-20-15-18-14(22)9(2)19-21-15/h6-8H,4-5H2,1-3H3,(H2,18,20,21,22)/b17-8-. The Balaban J connectivity index is 2.15. The van der Waals surface area contributed by atoms with Gasteiger partial charge in [-0.3, -0.25) is 9.78 Å². The lowest BCUT2D eigenvalue weighted by Crippen LogP contribution is -2.15. The molecular formula is C15H18BrN5O3. The number of anilines is 1. The first kappa shape index (κ1) is 17.9. The third-order valence-electron chi connectivity index (χ3n) is 2.95. The molecule has 2 rings (SSSR count). The Kier molecular flexibility index (Phi) is 6.30. The van der Waals surface area contributed by atoms with Gasteiger partial charge in [-0.25, -0.2) is 5.43 Å². The van der Waals surface area contributed by atoms with Crippen LogP contribution in [0, 0.1) is 6.92 Å². The van der Waals surface area contributed by atoms with E-state index in [1.54, 1.807) is 26.3 Å². The van der Waals surface area contributed by atoms with Gasteiger partial charge in [0, 0.05) is 0 Å². The third-order valence-corrected chi connectivity index (χ3v) is 3.54. The molecule has 0 unspecified atom stereocenters. The predicted octanol–water partition coefficient (Wildman–Crippen LogP) is 2.48. The monoisotopic (exact) mass is 395 g/mol. The van der Waals surface area contributed by atoms with Crippen molar-refractivity contribution < 1.29 is 9.47 Å². The van der Waals surface area contributed by atoms with Gasteiger partial charge in [-0.15, -0.1) is 10.2 Å². The van der Waals surface area contributed by atoms with E-state index >= 15 is 0 Å². The Labute approximate surface area is 147 Å². The Bertz CT molecular complexity index is 791. The molecule has 2 aromatic rings. The van der Waals surface area contributed by atoms with Crippen LogP contribution in [0.15, 0.2) is 26.5 Å². The van der Waals surface area contributed by atoms with Gasteiger partial charge in [0.25, 0.3) is 5.56 Å². The molecule has 0 saturated heterocycles. The number of nitrogens with zero attached hydrogens (tertiary/aromatic N) is 3. The fourth-order valence-corrected chi connectivity index (χ4v) is 2.34. The zero-order valence-corrected chi connectivity index (χ0v) is 15.2. The molecule has 128 valence electrons. The smallest absolute Gasteiger partial charge is 0.274 e. The molecule has 0 atom stereocenters. The number of aromatic nitrogens is 3. The molecule has 24 heavy (non-hydrogen) atoms. The lowest BCUT2D eigenvalue weighted by atomic mass is 10.2. The second-order valence-electron chi connectivity index (χ2n) is 4.84. The fraction of sp³-hybridized carbons (Fsp3) is 0.333. The summed E-state index contributed by atoms with van der Waals surface area (Å²) in [5.41, 5.74) is 3.37. The lowest BCUT2D eigenvalue weighted by Gasteiger charge is -2.12. The average Bonchev–Trinajstić information content (AvgIpc) is 2.56. The van der Waals surface area contributed by atoms with Crippen molar-refractivity contribution in [1.82, 2.24) is 15.2 Å². The van der Waals surface area contributed by atoms with Gasteiger partial charge >= 0.3 is 0 Å². The van der Waals surface area contributed by atoms with Gasteiger partial charge in [0.2, 0.25) is 5.95 Å². The van der Waals surface area contributed by atoms with Crippen LogP contribution >= 0.6 is 15.9 Å². The van der Waals surface area contributed by atoms with Gasteiger partial charge < -0.3 is 9.47 Å². The summed E-state index contributed by atoms with van der Waals surface area (Å²) in [5.74, 6) is 1.41. The first-order chi connectivity index (χ1) is 11.5. The van der Waals surface area contributed by atoms with Crippen molar-refractivity contribution in [3.8, 4) is 11.5 Å². The molecule has 0 aliphatic heterocycles. The number of aryl methyl sites for hydroxylation is 1. The highest BCUT2D eigenvalue weighted by Gasteiger charge is 2.10. The van der Waals surface area contributed by atoms with Crippen LogP contribution < -0.4 is 20.5 Å². The largest absolute Gasteiger partial charge is 0.493 e. The molecular weight excluding hydrogens is 378 g/mol. The quantitative estimate of drug-likeness (QED) is 0.551. The molecule has 0 aliphatic carbocycles. The summed E-state index contributed by atoms with van der Waals surface area (Å²) in [5, 5.41) is 11.5. The van der Waals surface area contributed by atoms with Gasteiger partial charge in [0.05, 0.1) is 24.4 Å². The molecule has 0 bridgehead atoms. The summed E-state index contributed by atoms with van der Waals surface area (Å²) in [4.78, 5) is 14.0. The maximum Gasteiger partial charge on any atom is 0.274 e. The molecule has 0 fully saturated rings. The normalized spacial score (nSPS) is 10.8. The Morgan fingerprint density at radius 3 is 2.88 bits per heavy atom. The molecule has 0 aliphatic rings. The molecule has 9 heteroatoms. The van der Waals surface area contributed by atoms with Crippen molar-refractivity contribution in [3.05, 3.63) is 38.2 Å². The molecule has 0 saturated carbocycles. The van der Waals surface area contributed by atoms with Crippen LogP contribution in [0.25, 0.3) is 0 Å². The Hall–Kier alpha value is -2.42. The number of rotatable bonds is 7. The summed E-state index contributed by atoms with van der Waals surface area (Å²) in [6.45, 7) is 4.21. The topological polar surface area (TPSA) is 101 Å². The average molecular weight is 396 g/mol. The van der Waals surface area contributed by atoms with E-state index in [0.717, 1.165) is 16.5 Å². The minimum absolute atomic E-state index is 0.163. The molecule has 1 aromatic carbocycles. The maximum absolute atomic E-state index is 11.4. The zero-order valence-electron chi connectivity index (χ0n) is 13.6. The van der Waals surface area contributed by atoms with E-state index in [-0.39, 0.29) is 11.5 Å². The zero-order chi connectivity index (χ0) is 17.5. The SMILES string of the molecule is CCCOc1c(Br)cc(/C=N\Nc2nnc(C)c(=O)[nH]2)cc1OC. The number of hydrazone groups is 1. The summed E-state index contributed by atoms with van der Waals surface area (Å²) < 4.78 is 11.8. The minimum atomic E-state index is -0.315. The first-order valence-electron chi connectivity index (χ1n) is 7.28. The van der Waals surface area contributed by atoms with Crippen molar-refractivity contribution in [2.45, 2.75) is 20.3 Å². The maximum atomic E-state index is 11.4. The van der Waals surface area contributed by atoms with Crippen molar-refractivity contribution in [1.29, 1.82) is 0 Å². The molecule has 0 spiro atoms. The van der Waals surface area contributed by atoms with E-state index in [4.69, 9.17) is 9.47 Å². The van der Waals surface area contributed by atoms with Gasteiger partial charge in [-0.1, -0.05) is 6.92 Å². The van der Waals surface area contributed by atoms with Crippen LogP contribution in [0.5, 0.6) is 11.5 Å². The van der Waals surface area contributed by atoms with E-state index < -0.39 is 0 Å². The molecule has 8 nitrogen and oxygen atoms in total. The van der Waals surface area contributed by atoms with E-state index in [1.807, 2.05) is 13.0 Å². The number of H-pyrrole nitrogens is 1. The van der Waals surface area contributed by atoms with Crippen LogP contribution in [0.2, 0.25) is 0 Å². The fourth-order valence-electron chi connectivity index (χ4n) is 1.77. The molecule has 0 radical (unpaired) electrons. The third kappa shape index (κ3) is 4.54. The van der Waals surface area contributed by atoms with Crippen molar-refractivity contribution in [3.63, 3.8) is 0 Å². The first-order valence-corrected chi connectivity index (χ1v) is 8.07. The second kappa shape index (κ2) is 8.44. The van der Waals surface area contributed by atoms with Gasteiger partial charge in [0.15, 0.2) is 11.5 Å².